The van der Waals surface area contributed by atoms with Gasteiger partial charge in [0.2, 0.25) is 10.0 Å². The van der Waals surface area contributed by atoms with Gasteiger partial charge in [0.25, 0.3) is 0 Å². The number of nitrogens with zero attached hydrogens (tertiary/aromatic N) is 3. The standard InChI is InChI=1S/C26H33N3O4S/c1-19-21(26(30)31)16-23(29(19)18-20-10-4-2-5-11-20)24-17-25(22-12-6-9-15-28(22)24)34(32,33)27-13-7-3-8-14-27/h6,9,12,15-17,20H,2-5,7-8,10-11,13-14,18H2,1H3,(H,30,31). The van der Waals surface area contributed by atoms with Gasteiger partial charge in [-0.2, -0.15) is 4.31 Å². The molecule has 3 aromatic heterocycles. The van der Waals surface area contributed by atoms with Crippen molar-refractivity contribution >= 4 is 21.5 Å². The predicted molar refractivity (Wildman–Crippen MR) is 132 cm³/mol. The van der Waals surface area contributed by atoms with E-state index in [-0.39, 0.29) is 5.56 Å². The van der Waals surface area contributed by atoms with Crippen LogP contribution in [0.3, 0.4) is 0 Å². The molecule has 1 saturated carbocycles. The number of fused-ring (bicyclic) bond motifs is 1. The molecule has 0 bridgehead atoms. The first-order chi connectivity index (χ1) is 16.4. The number of sulfonamides is 1. The average Bonchev–Trinajstić information content (AvgIpc) is 3.39. The molecular weight excluding hydrogens is 450 g/mol. The lowest BCUT2D eigenvalue weighted by Crippen LogP contribution is -2.35. The third-order valence-electron chi connectivity index (χ3n) is 7.60. The Morgan fingerprint density at radius 2 is 1.71 bits per heavy atom. The summed E-state index contributed by atoms with van der Waals surface area (Å²) in [5.74, 6) is -0.453. The summed E-state index contributed by atoms with van der Waals surface area (Å²) in [6, 6.07) is 9.03. The summed E-state index contributed by atoms with van der Waals surface area (Å²) in [5, 5.41) is 9.85. The number of aromatic carboxylic acids is 1. The molecular formula is C26H33N3O4S. The van der Waals surface area contributed by atoms with E-state index in [2.05, 4.69) is 4.57 Å². The van der Waals surface area contributed by atoms with Crippen LogP contribution in [-0.4, -0.2) is 45.9 Å². The van der Waals surface area contributed by atoms with E-state index in [1.165, 1.54) is 19.3 Å². The molecule has 0 amide bonds. The number of carbonyl (C=O) groups is 1. The summed E-state index contributed by atoms with van der Waals surface area (Å²) < 4.78 is 32.9. The van der Waals surface area contributed by atoms with Crippen LogP contribution < -0.4 is 0 Å². The van der Waals surface area contributed by atoms with Crippen molar-refractivity contribution < 1.29 is 18.3 Å². The fourth-order valence-corrected chi connectivity index (χ4v) is 7.42. The summed E-state index contributed by atoms with van der Waals surface area (Å²) in [7, 11) is -3.65. The van der Waals surface area contributed by atoms with Crippen LogP contribution in [0.5, 0.6) is 0 Å². The predicted octanol–water partition coefficient (Wildman–Crippen LogP) is 5.17. The molecule has 1 aliphatic heterocycles. The van der Waals surface area contributed by atoms with Gasteiger partial charge >= 0.3 is 5.97 Å². The van der Waals surface area contributed by atoms with Crippen molar-refractivity contribution in [1.82, 2.24) is 13.3 Å². The van der Waals surface area contributed by atoms with Crippen LogP contribution in [0.2, 0.25) is 0 Å². The minimum Gasteiger partial charge on any atom is -0.478 e. The van der Waals surface area contributed by atoms with Crippen molar-refractivity contribution in [2.24, 2.45) is 5.92 Å². The lowest BCUT2D eigenvalue weighted by atomic mass is 9.89. The minimum atomic E-state index is -3.65. The van der Waals surface area contributed by atoms with Gasteiger partial charge in [-0.25, -0.2) is 13.2 Å². The molecule has 182 valence electrons. The largest absolute Gasteiger partial charge is 0.478 e. The second-order valence-corrected chi connectivity index (χ2v) is 11.7. The Bertz CT molecular complexity index is 1310. The van der Waals surface area contributed by atoms with Crippen LogP contribution >= 0.6 is 0 Å². The number of pyridine rings is 1. The second kappa shape index (κ2) is 9.23. The fraction of sp³-hybridized carbons (Fsp3) is 0.500. The Hall–Kier alpha value is -2.58. The molecule has 1 aliphatic carbocycles. The van der Waals surface area contributed by atoms with Gasteiger partial charge in [-0.05, 0) is 62.8 Å². The van der Waals surface area contributed by atoms with E-state index in [0.29, 0.717) is 29.4 Å². The molecule has 1 saturated heterocycles. The van der Waals surface area contributed by atoms with Crippen LogP contribution in [0.1, 0.15) is 67.4 Å². The Morgan fingerprint density at radius 1 is 1.00 bits per heavy atom. The molecule has 34 heavy (non-hydrogen) atoms. The average molecular weight is 484 g/mol. The lowest BCUT2D eigenvalue weighted by Gasteiger charge is -2.25. The fourth-order valence-electron chi connectivity index (χ4n) is 5.71. The first-order valence-corrected chi connectivity index (χ1v) is 13.9. The maximum Gasteiger partial charge on any atom is 0.337 e. The number of aromatic nitrogens is 2. The quantitative estimate of drug-likeness (QED) is 0.524. The number of piperidine rings is 1. The molecule has 2 aliphatic rings. The van der Waals surface area contributed by atoms with Gasteiger partial charge < -0.3 is 14.1 Å². The summed E-state index contributed by atoms with van der Waals surface area (Å²) in [5.41, 5.74) is 3.11. The monoisotopic (exact) mass is 483 g/mol. The molecule has 8 heteroatoms. The molecule has 5 rings (SSSR count). The third-order valence-corrected chi connectivity index (χ3v) is 9.53. The second-order valence-electron chi connectivity index (χ2n) is 9.76. The van der Waals surface area contributed by atoms with Gasteiger partial charge in [-0.1, -0.05) is 31.7 Å². The highest BCUT2D eigenvalue weighted by molar-refractivity contribution is 7.89. The maximum atomic E-state index is 13.6. The van der Waals surface area contributed by atoms with Gasteiger partial charge in [-0.3, -0.25) is 0 Å². The third kappa shape index (κ3) is 4.07. The molecule has 0 atom stereocenters. The van der Waals surface area contributed by atoms with E-state index in [9.17, 15) is 18.3 Å². The van der Waals surface area contributed by atoms with Crippen LogP contribution in [-0.2, 0) is 16.6 Å². The summed E-state index contributed by atoms with van der Waals surface area (Å²) in [4.78, 5) is 12.3. The zero-order chi connectivity index (χ0) is 23.9. The molecule has 0 radical (unpaired) electrons. The van der Waals surface area contributed by atoms with Crippen LogP contribution in [0.4, 0.5) is 0 Å². The van der Waals surface area contributed by atoms with Crippen molar-refractivity contribution in [3.05, 3.63) is 47.8 Å². The molecule has 0 spiro atoms. The summed E-state index contributed by atoms with van der Waals surface area (Å²) in [6.45, 7) is 3.70. The Morgan fingerprint density at radius 3 is 2.41 bits per heavy atom. The van der Waals surface area contributed by atoms with Crippen molar-refractivity contribution in [3.8, 4) is 11.4 Å². The van der Waals surface area contributed by atoms with E-state index in [1.807, 2.05) is 35.7 Å². The molecule has 4 heterocycles. The summed E-state index contributed by atoms with van der Waals surface area (Å²) in [6.07, 6.45) is 10.6. The molecule has 2 fully saturated rings. The van der Waals surface area contributed by atoms with E-state index in [0.717, 1.165) is 55.7 Å². The number of hydrogen-bond donors (Lipinski definition) is 1. The normalized spacial score (nSPS) is 18.5. The molecule has 0 unspecified atom stereocenters. The lowest BCUT2D eigenvalue weighted by molar-refractivity contribution is 0.0696. The molecule has 3 aromatic rings. The molecule has 1 N–H and O–H groups in total. The van der Waals surface area contributed by atoms with Crippen LogP contribution in [0.25, 0.3) is 16.9 Å². The van der Waals surface area contributed by atoms with E-state index in [1.54, 1.807) is 16.4 Å². The number of hydrogen-bond acceptors (Lipinski definition) is 3. The number of carboxylic acids is 1. The molecule has 7 nitrogen and oxygen atoms in total. The van der Waals surface area contributed by atoms with E-state index >= 15 is 0 Å². The molecule has 0 aromatic carbocycles. The van der Waals surface area contributed by atoms with Crippen molar-refractivity contribution in [2.75, 3.05) is 13.1 Å². The van der Waals surface area contributed by atoms with Crippen molar-refractivity contribution in [1.29, 1.82) is 0 Å². The van der Waals surface area contributed by atoms with Gasteiger partial charge in [0.05, 0.1) is 22.5 Å². The minimum absolute atomic E-state index is 0.275. The van der Waals surface area contributed by atoms with Gasteiger partial charge in [0, 0.05) is 31.5 Å². The first kappa shape index (κ1) is 23.2. The van der Waals surface area contributed by atoms with Gasteiger partial charge in [0.1, 0.15) is 4.90 Å². The highest BCUT2D eigenvalue weighted by Crippen LogP contribution is 2.35. The zero-order valence-corrected chi connectivity index (χ0v) is 20.6. The van der Waals surface area contributed by atoms with Crippen LogP contribution in [0, 0.1) is 12.8 Å². The van der Waals surface area contributed by atoms with Crippen LogP contribution in [0.15, 0.2) is 41.4 Å². The Kier molecular flexibility index (Phi) is 6.29. The first-order valence-electron chi connectivity index (χ1n) is 12.4. The van der Waals surface area contributed by atoms with E-state index in [4.69, 9.17) is 0 Å². The Balaban J connectivity index is 1.66. The number of rotatable bonds is 6. The van der Waals surface area contributed by atoms with E-state index < -0.39 is 16.0 Å². The van der Waals surface area contributed by atoms with Crippen molar-refractivity contribution in [3.63, 3.8) is 0 Å². The smallest absolute Gasteiger partial charge is 0.337 e. The highest BCUT2D eigenvalue weighted by atomic mass is 32.2. The number of carboxylic acid groups (broad SMARTS) is 1. The van der Waals surface area contributed by atoms with Crippen molar-refractivity contribution in [2.45, 2.75) is 69.7 Å². The highest BCUT2D eigenvalue weighted by Gasteiger charge is 2.31. The van der Waals surface area contributed by atoms with Gasteiger partial charge in [0.15, 0.2) is 0 Å². The SMILES string of the molecule is Cc1c(C(=O)O)cc(-c2cc(S(=O)(=O)N3CCCCC3)c3ccccn23)n1CC1CCCCC1. The summed E-state index contributed by atoms with van der Waals surface area (Å²) >= 11 is 0. The topological polar surface area (TPSA) is 84.0 Å². The Labute approximate surface area is 201 Å². The van der Waals surface area contributed by atoms with Gasteiger partial charge in [-0.15, -0.1) is 0 Å². The maximum absolute atomic E-state index is 13.6. The zero-order valence-electron chi connectivity index (χ0n) is 19.7.